The van der Waals surface area contributed by atoms with Crippen molar-refractivity contribution < 1.29 is 26.9 Å². The Morgan fingerprint density at radius 2 is 1.63 bits per heavy atom. The quantitative estimate of drug-likeness (QED) is 0.356. The Kier molecular flexibility index (Phi) is 7.35. The number of ketones is 1. The van der Waals surface area contributed by atoms with Gasteiger partial charge in [-0.25, -0.2) is 14.4 Å². The minimum atomic E-state index is -2.99. The Hall–Kier alpha value is -1.22. The summed E-state index contributed by atoms with van der Waals surface area (Å²) in [6.07, 6.45) is -0.244. The summed E-state index contributed by atoms with van der Waals surface area (Å²) in [7, 11) is -5.76. The van der Waals surface area contributed by atoms with Gasteiger partial charge in [-0.1, -0.05) is 67.0 Å². The first kappa shape index (κ1) is 26.8. The average molecular weight is 544 g/mol. The molecule has 2 aliphatic rings. The zero-order chi connectivity index (χ0) is 25.9. The van der Waals surface area contributed by atoms with Crippen molar-refractivity contribution in [1.82, 2.24) is 14.5 Å². The molecule has 3 atom stereocenters. The van der Waals surface area contributed by atoms with E-state index < -0.39 is 41.4 Å². The van der Waals surface area contributed by atoms with Crippen LogP contribution in [0.4, 0.5) is 4.39 Å². The highest BCUT2D eigenvalue weighted by atomic mass is 35.5. The maximum Gasteiger partial charge on any atom is 0.335 e. The molecule has 2 aromatic rings. The van der Waals surface area contributed by atoms with Gasteiger partial charge in [0.25, 0.3) is 0 Å². The molecule has 0 N–H and O–H groups in total. The molecule has 35 heavy (non-hydrogen) atoms. The van der Waals surface area contributed by atoms with Crippen molar-refractivity contribution in [2.45, 2.75) is 96.0 Å². The third-order valence-electron chi connectivity index (χ3n) is 7.26. The highest BCUT2D eigenvalue weighted by molar-refractivity contribution is 6.84. The van der Waals surface area contributed by atoms with Crippen molar-refractivity contribution in [2.24, 2.45) is 0 Å². The fourth-order valence-electron chi connectivity index (χ4n) is 5.40. The lowest BCUT2D eigenvalue weighted by atomic mass is 10.1. The van der Waals surface area contributed by atoms with Crippen LogP contribution in [0.15, 0.2) is 12.5 Å². The topological polar surface area (TPSA) is 84.7 Å². The number of nitrogens with zero attached hydrogens (tertiary/aromatic N) is 3. The molecule has 2 fully saturated rings. The normalized spacial score (nSPS) is 26.7. The number of fused-ring (bicyclic) bond motifs is 2. The molecule has 2 aromatic heterocycles. The summed E-state index contributed by atoms with van der Waals surface area (Å²) in [6.45, 7) is 17.1. The zero-order valence-electron chi connectivity index (χ0n) is 21.5. The van der Waals surface area contributed by atoms with E-state index in [9.17, 15) is 9.18 Å². The Morgan fingerprint density at radius 3 is 2.20 bits per heavy atom. The molecule has 0 aromatic carbocycles. The van der Waals surface area contributed by atoms with Crippen LogP contribution < -0.4 is 0 Å². The van der Waals surface area contributed by atoms with E-state index in [1.54, 1.807) is 0 Å². The molecule has 2 aliphatic heterocycles. The number of Topliss-reactive ketones (excluding diaryl/α,β-unsaturated/α-hetero) is 1. The molecule has 4 heterocycles. The van der Waals surface area contributed by atoms with E-state index >= 15 is 0 Å². The predicted molar refractivity (Wildman–Crippen MR) is 135 cm³/mol. The lowest BCUT2D eigenvalue weighted by Gasteiger charge is -2.50. The van der Waals surface area contributed by atoms with Crippen molar-refractivity contribution in [3.8, 4) is 0 Å². The summed E-state index contributed by atoms with van der Waals surface area (Å²) < 4.78 is 43.0. The zero-order valence-corrected chi connectivity index (χ0v) is 24.3. The monoisotopic (exact) mass is 543 g/mol. The largest absolute Gasteiger partial charge is 0.414 e. The van der Waals surface area contributed by atoms with Crippen molar-refractivity contribution in [3.63, 3.8) is 0 Å². The molecule has 4 rings (SSSR count). The number of hydrogen-bond donors (Lipinski definition) is 0. The number of carbonyl (C=O) groups is 1. The van der Waals surface area contributed by atoms with Gasteiger partial charge < -0.3 is 17.7 Å². The second kappa shape index (κ2) is 9.58. The molecule has 0 radical (unpaired) electrons. The number of carbonyl (C=O) groups excluding carboxylic acids is 1. The van der Waals surface area contributed by atoms with E-state index in [-0.39, 0.29) is 50.7 Å². The lowest BCUT2D eigenvalue weighted by molar-refractivity contribution is -0.130. The number of aromatic nitrogens is 3. The Bertz CT molecular complexity index is 1100. The summed E-state index contributed by atoms with van der Waals surface area (Å²) >= 11 is 6.10. The molecule has 194 valence electrons. The smallest absolute Gasteiger partial charge is 0.335 e. The molecule has 12 heteroatoms. The fraction of sp³-hybridized carbons (Fsp3) is 0.696. The first-order chi connectivity index (χ1) is 16.4. The van der Waals surface area contributed by atoms with Crippen LogP contribution in [0, 0.1) is 5.82 Å². The molecular formula is C23H35ClFN3O5Si2. The molecule has 8 nitrogen and oxygen atoms in total. The lowest BCUT2D eigenvalue weighted by Crippen LogP contribution is -2.65. The van der Waals surface area contributed by atoms with E-state index in [4.69, 9.17) is 29.3 Å². The van der Waals surface area contributed by atoms with Gasteiger partial charge >= 0.3 is 17.1 Å². The van der Waals surface area contributed by atoms with E-state index in [2.05, 4.69) is 65.4 Å². The van der Waals surface area contributed by atoms with E-state index in [1.807, 2.05) is 0 Å². The van der Waals surface area contributed by atoms with Crippen molar-refractivity contribution >= 4 is 45.5 Å². The van der Waals surface area contributed by atoms with Crippen LogP contribution >= 0.6 is 11.6 Å². The molecule has 0 amide bonds. The van der Waals surface area contributed by atoms with Gasteiger partial charge in [0, 0.05) is 6.20 Å². The maximum atomic E-state index is 14.7. The van der Waals surface area contributed by atoms with Gasteiger partial charge in [-0.05, 0) is 22.2 Å². The van der Waals surface area contributed by atoms with Crippen LogP contribution in [0.3, 0.4) is 0 Å². The van der Waals surface area contributed by atoms with Crippen molar-refractivity contribution in [1.29, 1.82) is 0 Å². The molecule has 0 saturated carbocycles. The third kappa shape index (κ3) is 4.22. The number of ether oxygens (including phenoxy) is 1. The van der Waals surface area contributed by atoms with Gasteiger partial charge in [0.2, 0.25) is 5.78 Å². The van der Waals surface area contributed by atoms with E-state index in [0.29, 0.717) is 0 Å². The van der Waals surface area contributed by atoms with Gasteiger partial charge in [-0.2, -0.15) is 0 Å². The van der Waals surface area contributed by atoms with Crippen LogP contribution in [0.5, 0.6) is 0 Å². The first-order valence-electron chi connectivity index (χ1n) is 12.2. The second-order valence-electron chi connectivity index (χ2n) is 10.7. The Morgan fingerprint density at radius 1 is 1.03 bits per heavy atom. The Labute approximate surface area is 213 Å². The number of rotatable bonds is 5. The van der Waals surface area contributed by atoms with E-state index in [1.165, 1.54) is 17.1 Å². The molecule has 2 saturated heterocycles. The summed E-state index contributed by atoms with van der Waals surface area (Å²) in [6, 6.07) is 0. The molecule has 0 bridgehead atoms. The van der Waals surface area contributed by atoms with Crippen molar-refractivity contribution in [2.75, 3.05) is 6.61 Å². The summed E-state index contributed by atoms with van der Waals surface area (Å²) in [5, 5.41) is 0.0286. The molecule has 0 unspecified atom stereocenters. The minimum Gasteiger partial charge on any atom is -0.414 e. The van der Waals surface area contributed by atoms with Crippen LogP contribution in [0.2, 0.25) is 27.3 Å². The van der Waals surface area contributed by atoms with Gasteiger partial charge in [0.1, 0.15) is 29.3 Å². The molecular weight excluding hydrogens is 509 g/mol. The van der Waals surface area contributed by atoms with Crippen molar-refractivity contribution in [3.05, 3.63) is 23.5 Å². The van der Waals surface area contributed by atoms with Crippen LogP contribution in [-0.4, -0.2) is 56.3 Å². The average Bonchev–Trinajstić information content (AvgIpc) is 3.24. The fourth-order valence-corrected chi connectivity index (χ4v) is 16.8. The van der Waals surface area contributed by atoms with Crippen LogP contribution in [0.25, 0.3) is 11.0 Å². The first-order valence-corrected chi connectivity index (χ1v) is 16.5. The SMILES string of the molecule is CC(C)[Si]1(C(C)C)OC[C@H]2O[C@@H](n3cc(F)c4c(Cl)ncnc43)C(=O)[C@@H]2O[Si](C(C)C)(C(C)C)O1. The Balaban J connectivity index is 1.80. The predicted octanol–water partition coefficient (Wildman–Crippen LogP) is 5.65. The number of hydrogen-bond acceptors (Lipinski definition) is 7. The second-order valence-corrected chi connectivity index (χ2v) is 19.9. The molecule has 0 spiro atoms. The van der Waals surface area contributed by atoms with Gasteiger partial charge in [-0.3, -0.25) is 9.36 Å². The summed E-state index contributed by atoms with van der Waals surface area (Å²) in [5.74, 6) is -0.929. The van der Waals surface area contributed by atoms with E-state index in [0.717, 1.165) is 0 Å². The standard InChI is InChI=1S/C23H35ClFN3O5Si2/c1-12(2)34(13(3)4)30-10-17-20(32-35(33-34,14(5)6)15(7)8)19(29)23(31-17)28-9-16(25)18-21(24)26-11-27-22(18)28/h9,11-15,17,20,23H,10H2,1-8H3/t17-,20-,23-/m1/s1. The van der Waals surface area contributed by atoms with Gasteiger partial charge in [-0.15, -0.1) is 0 Å². The summed E-state index contributed by atoms with van der Waals surface area (Å²) in [4.78, 5) is 21.8. The summed E-state index contributed by atoms with van der Waals surface area (Å²) in [5.41, 5.74) is 0.661. The highest BCUT2D eigenvalue weighted by Crippen LogP contribution is 2.48. The third-order valence-corrected chi connectivity index (χ3v) is 17.8. The van der Waals surface area contributed by atoms with Crippen LogP contribution in [0.1, 0.15) is 61.6 Å². The van der Waals surface area contributed by atoms with Crippen LogP contribution in [-0.2, 0) is 22.5 Å². The van der Waals surface area contributed by atoms with Gasteiger partial charge in [0.05, 0.1) is 12.0 Å². The minimum absolute atomic E-state index is 0.0219. The maximum absolute atomic E-state index is 14.7. The molecule has 0 aliphatic carbocycles. The highest BCUT2D eigenvalue weighted by Gasteiger charge is 2.61. The van der Waals surface area contributed by atoms with Gasteiger partial charge in [0.15, 0.2) is 12.0 Å². The number of halogens is 2.